The van der Waals surface area contributed by atoms with Gasteiger partial charge in [0.1, 0.15) is 12.4 Å². The van der Waals surface area contributed by atoms with Gasteiger partial charge in [-0.2, -0.15) is 0 Å². The molecule has 0 radical (unpaired) electrons. The van der Waals surface area contributed by atoms with E-state index in [9.17, 15) is 9.59 Å². The molecular weight excluding hydrogens is 340 g/mol. The van der Waals surface area contributed by atoms with E-state index in [-0.39, 0.29) is 11.8 Å². The van der Waals surface area contributed by atoms with Crippen molar-refractivity contribution in [1.29, 1.82) is 0 Å². The second-order valence-electron chi connectivity index (χ2n) is 6.97. The molecule has 0 aromatic heterocycles. The summed E-state index contributed by atoms with van der Waals surface area (Å²) in [5.41, 5.74) is 3.05. The Balaban J connectivity index is 1.46. The maximum Gasteiger partial charge on any atom is 0.227 e. The summed E-state index contributed by atoms with van der Waals surface area (Å²) in [6.07, 6.45) is 1.87. The third kappa shape index (κ3) is 5.09. The quantitative estimate of drug-likeness (QED) is 0.756. The molecule has 0 unspecified atom stereocenters. The predicted octanol–water partition coefficient (Wildman–Crippen LogP) is 3.20. The maximum atomic E-state index is 12.4. The number of carbonyl (C=O) groups excluding carboxylic acids is 2. The summed E-state index contributed by atoms with van der Waals surface area (Å²) in [5.74, 6) is 1.04. The minimum atomic E-state index is 0.0486. The van der Waals surface area contributed by atoms with Crippen LogP contribution in [0.5, 0.6) is 5.75 Å². The van der Waals surface area contributed by atoms with Gasteiger partial charge in [-0.3, -0.25) is 9.59 Å². The van der Waals surface area contributed by atoms with E-state index in [0.717, 1.165) is 30.0 Å². The van der Waals surface area contributed by atoms with Gasteiger partial charge in [-0.05, 0) is 43.2 Å². The van der Waals surface area contributed by atoms with E-state index in [2.05, 4.69) is 0 Å². The van der Waals surface area contributed by atoms with Crippen LogP contribution in [0.15, 0.2) is 48.5 Å². The Morgan fingerprint density at radius 2 is 1.81 bits per heavy atom. The van der Waals surface area contributed by atoms with Crippen LogP contribution in [0.3, 0.4) is 0 Å². The van der Waals surface area contributed by atoms with Gasteiger partial charge < -0.3 is 14.5 Å². The zero-order valence-corrected chi connectivity index (χ0v) is 16.0. The van der Waals surface area contributed by atoms with Crippen LogP contribution < -0.4 is 9.64 Å². The van der Waals surface area contributed by atoms with E-state index in [4.69, 9.17) is 4.74 Å². The van der Waals surface area contributed by atoms with Gasteiger partial charge in [0, 0.05) is 25.7 Å². The van der Waals surface area contributed by atoms with Crippen molar-refractivity contribution in [3.05, 3.63) is 59.7 Å². The molecule has 1 saturated heterocycles. The van der Waals surface area contributed by atoms with Gasteiger partial charge in [-0.1, -0.05) is 29.8 Å². The molecular formula is C22H26N2O3. The molecule has 0 spiro atoms. The Morgan fingerprint density at radius 1 is 1.11 bits per heavy atom. The van der Waals surface area contributed by atoms with Crippen molar-refractivity contribution in [2.45, 2.75) is 26.2 Å². The van der Waals surface area contributed by atoms with Gasteiger partial charge in [-0.15, -0.1) is 0 Å². The predicted molar refractivity (Wildman–Crippen MR) is 106 cm³/mol. The van der Waals surface area contributed by atoms with Gasteiger partial charge in [0.15, 0.2) is 0 Å². The first kappa shape index (κ1) is 19.0. The van der Waals surface area contributed by atoms with Gasteiger partial charge in [-0.25, -0.2) is 0 Å². The summed E-state index contributed by atoms with van der Waals surface area (Å²) in [5, 5.41) is 0. The van der Waals surface area contributed by atoms with Crippen molar-refractivity contribution < 1.29 is 14.3 Å². The Morgan fingerprint density at radius 3 is 2.44 bits per heavy atom. The van der Waals surface area contributed by atoms with Crippen molar-refractivity contribution in [1.82, 2.24) is 4.90 Å². The average Bonchev–Trinajstić information content (AvgIpc) is 3.10. The van der Waals surface area contributed by atoms with Crippen LogP contribution in [0, 0.1) is 6.92 Å². The first-order chi connectivity index (χ1) is 13.0. The molecule has 5 heteroatoms. The second-order valence-corrected chi connectivity index (χ2v) is 6.97. The summed E-state index contributed by atoms with van der Waals surface area (Å²) in [6, 6.07) is 15.6. The molecule has 0 aliphatic carbocycles. The van der Waals surface area contributed by atoms with E-state index in [1.807, 2.05) is 55.5 Å². The number of hydrogen-bond donors (Lipinski definition) is 0. The number of hydrogen-bond acceptors (Lipinski definition) is 3. The summed E-state index contributed by atoms with van der Waals surface area (Å²) < 4.78 is 5.68. The summed E-state index contributed by atoms with van der Waals surface area (Å²) in [6.45, 7) is 3.81. The Kier molecular flexibility index (Phi) is 6.12. The van der Waals surface area contributed by atoms with E-state index < -0.39 is 0 Å². The number of likely N-dealkylation sites (N-methyl/N-ethyl adjacent to an activating group) is 1. The van der Waals surface area contributed by atoms with Crippen molar-refractivity contribution in [3.8, 4) is 5.75 Å². The van der Waals surface area contributed by atoms with Crippen molar-refractivity contribution in [3.63, 3.8) is 0 Å². The summed E-state index contributed by atoms with van der Waals surface area (Å²) in [7, 11) is 1.79. The molecule has 2 aromatic carbocycles. The summed E-state index contributed by atoms with van der Waals surface area (Å²) in [4.78, 5) is 27.7. The lowest BCUT2D eigenvalue weighted by atomic mass is 10.1. The topological polar surface area (TPSA) is 49.9 Å². The lowest BCUT2D eigenvalue weighted by Gasteiger charge is -2.18. The molecule has 1 aliphatic rings. The lowest BCUT2D eigenvalue weighted by molar-refractivity contribution is -0.129. The first-order valence-electron chi connectivity index (χ1n) is 9.35. The third-order valence-corrected chi connectivity index (χ3v) is 4.82. The second kappa shape index (κ2) is 8.71. The number of nitrogens with zero attached hydrogens (tertiary/aromatic N) is 2. The first-order valence-corrected chi connectivity index (χ1v) is 9.35. The normalized spacial score (nSPS) is 13.7. The van der Waals surface area contributed by atoms with Crippen molar-refractivity contribution >= 4 is 17.5 Å². The van der Waals surface area contributed by atoms with Crippen LogP contribution in [0.4, 0.5) is 5.69 Å². The van der Waals surface area contributed by atoms with Crippen LogP contribution in [0.25, 0.3) is 0 Å². The minimum absolute atomic E-state index is 0.0486. The monoisotopic (exact) mass is 366 g/mol. The highest BCUT2D eigenvalue weighted by Gasteiger charge is 2.21. The van der Waals surface area contributed by atoms with Crippen molar-refractivity contribution in [2.24, 2.45) is 0 Å². The smallest absolute Gasteiger partial charge is 0.227 e. The number of ether oxygens (including phenoxy) is 1. The van der Waals surface area contributed by atoms with Gasteiger partial charge in [0.05, 0.1) is 13.0 Å². The average molecular weight is 366 g/mol. The molecule has 27 heavy (non-hydrogen) atoms. The zero-order chi connectivity index (χ0) is 19.2. The zero-order valence-electron chi connectivity index (χ0n) is 16.0. The van der Waals surface area contributed by atoms with Crippen LogP contribution in [0.1, 0.15) is 24.0 Å². The van der Waals surface area contributed by atoms with Crippen LogP contribution in [-0.2, 0) is 16.0 Å². The molecule has 5 nitrogen and oxygen atoms in total. The van der Waals surface area contributed by atoms with Gasteiger partial charge >= 0.3 is 0 Å². The molecule has 1 aliphatic heterocycles. The lowest BCUT2D eigenvalue weighted by Crippen LogP contribution is -2.32. The minimum Gasteiger partial charge on any atom is -0.492 e. The number of anilines is 1. The molecule has 0 atom stereocenters. The highest BCUT2D eigenvalue weighted by molar-refractivity contribution is 5.95. The van der Waals surface area contributed by atoms with E-state index in [0.29, 0.717) is 26.0 Å². The van der Waals surface area contributed by atoms with E-state index in [1.165, 1.54) is 5.56 Å². The van der Waals surface area contributed by atoms with Crippen LogP contribution >= 0.6 is 0 Å². The number of carbonyl (C=O) groups is 2. The standard InChI is InChI=1S/C22H26N2O3/c1-17-5-11-20(12-6-17)27-15-14-23(2)22(26)16-18-7-9-19(10-8-18)24-13-3-4-21(24)25/h5-12H,3-4,13-16H2,1-2H3. The molecule has 0 N–H and O–H groups in total. The highest BCUT2D eigenvalue weighted by atomic mass is 16.5. The van der Waals surface area contributed by atoms with Gasteiger partial charge in [0.2, 0.25) is 11.8 Å². The third-order valence-electron chi connectivity index (χ3n) is 4.82. The fourth-order valence-electron chi connectivity index (χ4n) is 3.08. The Hall–Kier alpha value is -2.82. The number of amides is 2. The Bertz CT molecular complexity index is 784. The number of rotatable bonds is 7. The summed E-state index contributed by atoms with van der Waals surface area (Å²) >= 11 is 0. The number of aryl methyl sites for hydroxylation is 1. The van der Waals surface area contributed by atoms with Crippen LogP contribution in [-0.4, -0.2) is 43.5 Å². The van der Waals surface area contributed by atoms with E-state index >= 15 is 0 Å². The molecule has 1 heterocycles. The SMILES string of the molecule is Cc1ccc(OCCN(C)C(=O)Cc2ccc(N3CCCC3=O)cc2)cc1. The highest BCUT2D eigenvalue weighted by Crippen LogP contribution is 2.21. The molecule has 0 bridgehead atoms. The molecule has 1 fully saturated rings. The number of benzene rings is 2. The fourth-order valence-corrected chi connectivity index (χ4v) is 3.08. The molecule has 142 valence electrons. The van der Waals surface area contributed by atoms with Gasteiger partial charge in [0.25, 0.3) is 0 Å². The van der Waals surface area contributed by atoms with Crippen LogP contribution in [0.2, 0.25) is 0 Å². The fraction of sp³-hybridized carbons (Fsp3) is 0.364. The maximum absolute atomic E-state index is 12.4. The molecule has 2 amide bonds. The molecule has 3 rings (SSSR count). The Labute approximate surface area is 160 Å². The molecule has 2 aromatic rings. The van der Waals surface area contributed by atoms with Crippen molar-refractivity contribution in [2.75, 3.05) is 31.6 Å². The molecule has 0 saturated carbocycles. The van der Waals surface area contributed by atoms with E-state index in [1.54, 1.807) is 16.8 Å². The largest absolute Gasteiger partial charge is 0.492 e.